The Labute approximate surface area is 100 Å². The molecule has 1 aromatic rings. The highest BCUT2D eigenvalue weighted by Gasteiger charge is 2.20. The number of hydrogen-bond donors (Lipinski definition) is 1. The number of methoxy groups -OCH3 is 3. The van der Waals surface area contributed by atoms with E-state index in [-0.39, 0.29) is 17.5 Å². The summed E-state index contributed by atoms with van der Waals surface area (Å²) in [7, 11) is 4.25. The van der Waals surface area contributed by atoms with E-state index in [2.05, 4.69) is 0 Å². The van der Waals surface area contributed by atoms with Crippen molar-refractivity contribution in [1.82, 2.24) is 0 Å². The molecule has 2 N–H and O–H groups in total. The van der Waals surface area contributed by atoms with Gasteiger partial charge in [-0.3, -0.25) is 0 Å². The largest absolute Gasteiger partial charge is 0.493 e. The maximum atomic E-state index is 14.1. The SMILES string of the molecule is COc1cc(CC(C)N)c(OC)c(F)c1OC. The third kappa shape index (κ3) is 2.79. The van der Waals surface area contributed by atoms with Crippen LogP contribution in [-0.2, 0) is 6.42 Å². The minimum Gasteiger partial charge on any atom is -0.493 e. The van der Waals surface area contributed by atoms with Crippen molar-refractivity contribution in [2.75, 3.05) is 21.3 Å². The van der Waals surface area contributed by atoms with Crippen LogP contribution in [0.15, 0.2) is 6.07 Å². The van der Waals surface area contributed by atoms with Crippen LogP contribution in [0.5, 0.6) is 17.2 Å². The average Bonchev–Trinajstić information content (AvgIpc) is 2.28. The van der Waals surface area contributed by atoms with Crippen molar-refractivity contribution in [2.24, 2.45) is 5.73 Å². The highest BCUT2D eigenvalue weighted by Crippen LogP contribution is 2.39. The van der Waals surface area contributed by atoms with E-state index in [1.54, 1.807) is 6.07 Å². The lowest BCUT2D eigenvalue weighted by Crippen LogP contribution is -2.18. The van der Waals surface area contributed by atoms with Gasteiger partial charge in [-0.15, -0.1) is 0 Å². The first kappa shape index (κ1) is 13.6. The van der Waals surface area contributed by atoms with E-state index >= 15 is 0 Å². The molecule has 1 aromatic carbocycles. The summed E-state index contributed by atoms with van der Waals surface area (Å²) < 4.78 is 29.1. The molecule has 1 rings (SSSR count). The van der Waals surface area contributed by atoms with Crippen LogP contribution in [0.3, 0.4) is 0 Å². The minimum atomic E-state index is -0.565. The second-order valence-electron chi connectivity index (χ2n) is 3.80. The summed E-state index contributed by atoms with van der Waals surface area (Å²) in [5.41, 5.74) is 6.37. The monoisotopic (exact) mass is 243 g/mol. The van der Waals surface area contributed by atoms with Gasteiger partial charge in [-0.1, -0.05) is 0 Å². The summed E-state index contributed by atoms with van der Waals surface area (Å²) in [6, 6.07) is 1.59. The molecule has 4 nitrogen and oxygen atoms in total. The van der Waals surface area contributed by atoms with E-state index in [4.69, 9.17) is 19.9 Å². The average molecular weight is 243 g/mol. The third-order valence-corrected chi connectivity index (χ3v) is 2.39. The molecule has 0 fully saturated rings. The van der Waals surface area contributed by atoms with Crippen LogP contribution in [0.2, 0.25) is 0 Å². The first-order valence-electron chi connectivity index (χ1n) is 5.28. The van der Waals surface area contributed by atoms with Crippen LogP contribution in [0.4, 0.5) is 4.39 Å². The zero-order chi connectivity index (χ0) is 13.0. The molecule has 0 saturated carbocycles. The summed E-state index contributed by atoms with van der Waals surface area (Å²) in [4.78, 5) is 0. The lowest BCUT2D eigenvalue weighted by Gasteiger charge is -2.16. The number of hydrogen-bond acceptors (Lipinski definition) is 4. The molecule has 0 aromatic heterocycles. The summed E-state index contributed by atoms with van der Waals surface area (Å²) in [5, 5.41) is 0. The van der Waals surface area contributed by atoms with E-state index in [0.717, 1.165) is 0 Å². The standard InChI is InChI=1S/C12H18FNO3/c1-7(14)5-8-6-9(15-2)12(17-4)10(13)11(8)16-3/h6-7H,5,14H2,1-4H3. The Bertz CT molecular complexity index is 394. The van der Waals surface area contributed by atoms with Crippen molar-refractivity contribution >= 4 is 0 Å². The highest BCUT2D eigenvalue weighted by atomic mass is 19.1. The van der Waals surface area contributed by atoms with Crippen molar-refractivity contribution in [2.45, 2.75) is 19.4 Å². The van der Waals surface area contributed by atoms with Gasteiger partial charge < -0.3 is 19.9 Å². The van der Waals surface area contributed by atoms with Crippen LogP contribution < -0.4 is 19.9 Å². The smallest absolute Gasteiger partial charge is 0.210 e. The molecule has 0 aliphatic rings. The van der Waals surface area contributed by atoms with Gasteiger partial charge in [0.15, 0.2) is 11.5 Å². The van der Waals surface area contributed by atoms with Gasteiger partial charge in [0.1, 0.15) is 0 Å². The molecular weight excluding hydrogens is 225 g/mol. The minimum absolute atomic E-state index is 0.0396. The number of nitrogens with two attached hydrogens (primary N) is 1. The Morgan fingerprint density at radius 1 is 1.18 bits per heavy atom. The molecule has 0 amide bonds. The van der Waals surface area contributed by atoms with Crippen molar-refractivity contribution in [3.8, 4) is 17.2 Å². The van der Waals surface area contributed by atoms with E-state index in [1.807, 2.05) is 6.92 Å². The molecule has 0 spiro atoms. The van der Waals surface area contributed by atoms with Crippen molar-refractivity contribution in [1.29, 1.82) is 0 Å². The number of benzene rings is 1. The van der Waals surface area contributed by atoms with Crippen molar-refractivity contribution in [3.05, 3.63) is 17.4 Å². The molecule has 0 aliphatic carbocycles. The lowest BCUT2D eigenvalue weighted by molar-refractivity contribution is 0.318. The molecule has 0 aliphatic heterocycles. The highest BCUT2D eigenvalue weighted by molar-refractivity contribution is 5.52. The second-order valence-corrected chi connectivity index (χ2v) is 3.80. The number of rotatable bonds is 5. The lowest BCUT2D eigenvalue weighted by atomic mass is 10.1. The zero-order valence-corrected chi connectivity index (χ0v) is 10.5. The van der Waals surface area contributed by atoms with Crippen LogP contribution in [0, 0.1) is 5.82 Å². The second kappa shape index (κ2) is 5.72. The van der Waals surface area contributed by atoms with Gasteiger partial charge in [-0.2, -0.15) is 4.39 Å². The predicted octanol–water partition coefficient (Wildman–Crippen LogP) is 1.74. The maximum absolute atomic E-state index is 14.1. The van der Waals surface area contributed by atoms with E-state index in [9.17, 15) is 4.39 Å². The Kier molecular flexibility index (Phi) is 4.57. The molecule has 1 unspecified atom stereocenters. The number of halogens is 1. The fourth-order valence-corrected chi connectivity index (χ4v) is 1.70. The molecule has 0 radical (unpaired) electrons. The number of ether oxygens (including phenoxy) is 3. The van der Waals surface area contributed by atoms with E-state index in [0.29, 0.717) is 17.7 Å². The zero-order valence-electron chi connectivity index (χ0n) is 10.5. The molecular formula is C12H18FNO3. The van der Waals surface area contributed by atoms with Crippen molar-refractivity contribution in [3.63, 3.8) is 0 Å². The molecule has 0 heterocycles. The molecule has 0 bridgehead atoms. The molecule has 5 heteroatoms. The predicted molar refractivity (Wildman–Crippen MR) is 63.4 cm³/mol. The summed E-state index contributed by atoms with van der Waals surface area (Å²) in [5.74, 6) is -0.0378. The van der Waals surface area contributed by atoms with Gasteiger partial charge in [0.2, 0.25) is 11.6 Å². The van der Waals surface area contributed by atoms with E-state index in [1.165, 1.54) is 21.3 Å². The Morgan fingerprint density at radius 2 is 1.76 bits per heavy atom. The van der Waals surface area contributed by atoms with Gasteiger partial charge in [-0.05, 0) is 19.4 Å². The molecule has 17 heavy (non-hydrogen) atoms. The van der Waals surface area contributed by atoms with Gasteiger partial charge in [0.05, 0.1) is 21.3 Å². The van der Waals surface area contributed by atoms with Gasteiger partial charge in [0, 0.05) is 11.6 Å². The molecule has 0 saturated heterocycles. The summed E-state index contributed by atoms with van der Waals surface area (Å²) in [6.45, 7) is 1.84. The van der Waals surface area contributed by atoms with Crippen LogP contribution in [0.1, 0.15) is 12.5 Å². The quantitative estimate of drug-likeness (QED) is 0.855. The third-order valence-electron chi connectivity index (χ3n) is 2.39. The van der Waals surface area contributed by atoms with Gasteiger partial charge in [0.25, 0.3) is 0 Å². The van der Waals surface area contributed by atoms with Crippen LogP contribution in [-0.4, -0.2) is 27.4 Å². The van der Waals surface area contributed by atoms with Gasteiger partial charge >= 0.3 is 0 Å². The van der Waals surface area contributed by atoms with Gasteiger partial charge in [-0.25, -0.2) is 0 Å². The maximum Gasteiger partial charge on any atom is 0.210 e. The Hall–Kier alpha value is -1.49. The topological polar surface area (TPSA) is 53.7 Å². The normalized spacial score (nSPS) is 12.1. The Morgan fingerprint density at radius 3 is 2.18 bits per heavy atom. The van der Waals surface area contributed by atoms with Crippen molar-refractivity contribution < 1.29 is 18.6 Å². The first-order chi connectivity index (χ1) is 8.04. The summed E-state index contributed by atoms with van der Waals surface area (Å²) in [6.07, 6.45) is 0.500. The summed E-state index contributed by atoms with van der Waals surface area (Å²) >= 11 is 0. The molecule has 1 atom stereocenters. The fraction of sp³-hybridized carbons (Fsp3) is 0.500. The van der Waals surface area contributed by atoms with E-state index < -0.39 is 5.82 Å². The Balaban J connectivity index is 3.34. The molecule has 96 valence electrons. The first-order valence-corrected chi connectivity index (χ1v) is 5.28. The fourth-order valence-electron chi connectivity index (χ4n) is 1.70. The van der Waals surface area contributed by atoms with Crippen LogP contribution in [0.25, 0.3) is 0 Å². The van der Waals surface area contributed by atoms with Crippen LogP contribution >= 0.6 is 0 Å².